The number of hydrogen-bond donors (Lipinski definition) is 3. The van der Waals surface area contributed by atoms with Crippen molar-refractivity contribution in [2.75, 3.05) is 17.7 Å². The van der Waals surface area contributed by atoms with Gasteiger partial charge in [0.25, 0.3) is 17.5 Å². The van der Waals surface area contributed by atoms with Gasteiger partial charge in [-0.1, -0.05) is 30.3 Å². The van der Waals surface area contributed by atoms with Gasteiger partial charge in [0.05, 0.1) is 17.3 Å². The molecule has 0 aliphatic carbocycles. The second kappa shape index (κ2) is 14.5. The van der Waals surface area contributed by atoms with Crippen molar-refractivity contribution in [2.24, 2.45) is 0 Å². The molecule has 0 aromatic heterocycles. The summed E-state index contributed by atoms with van der Waals surface area (Å²) < 4.78 is 5.20. The first-order valence-corrected chi connectivity index (χ1v) is 14.0. The summed E-state index contributed by atoms with van der Waals surface area (Å²) in [5.41, 5.74) is 1.72. The first kappa shape index (κ1) is 30.5. The molecular formula is C32H28N4O6S. The van der Waals surface area contributed by atoms with Crippen LogP contribution < -0.4 is 20.7 Å². The highest BCUT2D eigenvalue weighted by molar-refractivity contribution is 8.00. The van der Waals surface area contributed by atoms with E-state index in [0.29, 0.717) is 28.3 Å². The Morgan fingerprint density at radius 3 is 2.21 bits per heavy atom. The molecule has 0 spiro atoms. The summed E-state index contributed by atoms with van der Waals surface area (Å²) in [5.74, 6) is -0.675. The van der Waals surface area contributed by atoms with E-state index in [2.05, 4.69) is 16.0 Å². The Hall–Kier alpha value is -5.42. The van der Waals surface area contributed by atoms with Crippen LogP contribution in [-0.4, -0.2) is 35.0 Å². The van der Waals surface area contributed by atoms with Crippen molar-refractivity contribution in [1.82, 2.24) is 5.32 Å². The number of benzene rings is 4. The topological polar surface area (TPSA) is 140 Å². The molecule has 4 rings (SSSR count). The van der Waals surface area contributed by atoms with Crippen molar-refractivity contribution >= 4 is 52.6 Å². The predicted molar refractivity (Wildman–Crippen MR) is 167 cm³/mol. The SMILES string of the molecule is COc1cccc(NC(=O)C(C)Sc2cccc(NC(=O)/C(=C\c3ccc([N+](=O)[O-])cc3)NC(=O)c3ccccc3)c2)c1. The smallest absolute Gasteiger partial charge is 0.272 e. The zero-order valence-electron chi connectivity index (χ0n) is 23.3. The molecule has 0 heterocycles. The number of carbonyl (C=O) groups excluding carboxylic acids is 3. The second-order valence-electron chi connectivity index (χ2n) is 9.19. The number of thioether (sulfide) groups is 1. The van der Waals surface area contributed by atoms with E-state index in [1.165, 1.54) is 42.1 Å². The summed E-state index contributed by atoms with van der Waals surface area (Å²) in [6.07, 6.45) is 1.43. The minimum absolute atomic E-state index is 0.0632. The van der Waals surface area contributed by atoms with Crippen LogP contribution in [0.5, 0.6) is 5.75 Å². The summed E-state index contributed by atoms with van der Waals surface area (Å²) in [4.78, 5) is 50.3. The number of nitro benzene ring substituents is 1. The lowest BCUT2D eigenvalue weighted by atomic mass is 10.1. The second-order valence-corrected chi connectivity index (χ2v) is 10.6. The fraction of sp³-hybridized carbons (Fsp3) is 0.0938. The normalized spacial score (nSPS) is 11.6. The van der Waals surface area contributed by atoms with Crippen LogP contribution in [-0.2, 0) is 9.59 Å². The number of carbonyl (C=O) groups is 3. The molecule has 0 saturated carbocycles. The highest BCUT2D eigenvalue weighted by Crippen LogP contribution is 2.27. The van der Waals surface area contributed by atoms with Crippen LogP contribution in [0.2, 0.25) is 0 Å². The van der Waals surface area contributed by atoms with Gasteiger partial charge < -0.3 is 20.7 Å². The zero-order chi connectivity index (χ0) is 30.8. The van der Waals surface area contributed by atoms with Gasteiger partial charge in [-0.05, 0) is 73.2 Å². The predicted octanol–water partition coefficient (Wildman–Crippen LogP) is 6.13. The van der Waals surface area contributed by atoms with Gasteiger partial charge in [0.1, 0.15) is 11.4 Å². The molecule has 3 amide bonds. The van der Waals surface area contributed by atoms with Gasteiger partial charge in [0, 0.05) is 40.0 Å². The number of anilines is 2. The summed E-state index contributed by atoms with van der Waals surface area (Å²) >= 11 is 1.31. The highest BCUT2D eigenvalue weighted by Gasteiger charge is 2.18. The maximum atomic E-state index is 13.4. The average molecular weight is 597 g/mol. The van der Waals surface area contributed by atoms with Gasteiger partial charge >= 0.3 is 0 Å². The molecule has 43 heavy (non-hydrogen) atoms. The molecule has 218 valence electrons. The Morgan fingerprint density at radius 1 is 0.860 bits per heavy atom. The fourth-order valence-corrected chi connectivity index (χ4v) is 4.78. The van der Waals surface area contributed by atoms with Gasteiger partial charge in [-0.25, -0.2) is 0 Å². The number of nitrogens with zero attached hydrogens (tertiary/aromatic N) is 1. The standard InChI is InChI=1S/C32H28N4O6S/c1-21(30(37)33-24-10-6-12-27(19-24)42-2)43-28-13-7-11-25(20-28)34-32(39)29(35-31(38)23-8-4-3-5-9-23)18-22-14-16-26(17-15-22)36(40)41/h3-21H,1-2H3,(H,33,37)(H,34,39)(H,35,38)/b29-18+. The maximum Gasteiger partial charge on any atom is 0.272 e. The van der Waals surface area contributed by atoms with E-state index < -0.39 is 22.0 Å². The lowest BCUT2D eigenvalue weighted by Crippen LogP contribution is -2.30. The Morgan fingerprint density at radius 2 is 1.53 bits per heavy atom. The molecule has 0 aliphatic rings. The Kier molecular flexibility index (Phi) is 10.3. The molecule has 11 heteroatoms. The van der Waals surface area contributed by atoms with E-state index in [1.54, 1.807) is 86.8 Å². The first-order valence-electron chi connectivity index (χ1n) is 13.1. The van der Waals surface area contributed by atoms with Gasteiger partial charge in [-0.3, -0.25) is 24.5 Å². The summed E-state index contributed by atoms with van der Waals surface area (Å²) in [5, 5.41) is 18.9. The van der Waals surface area contributed by atoms with Crippen molar-refractivity contribution in [1.29, 1.82) is 0 Å². The molecule has 3 N–H and O–H groups in total. The number of non-ortho nitro benzene ring substituents is 1. The number of hydrogen-bond acceptors (Lipinski definition) is 7. The molecular weight excluding hydrogens is 568 g/mol. The molecule has 0 saturated heterocycles. The number of ether oxygens (including phenoxy) is 1. The monoisotopic (exact) mass is 596 g/mol. The van der Waals surface area contributed by atoms with Crippen LogP contribution in [0.3, 0.4) is 0 Å². The number of rotatable bonds is 11. The average Bonchev–Trinajstić information content (AvgIpc) is 3.01. The lowest BCUT2D eigenvalue weighted by Gasteiger charge is -2.14. The number of amides is 3. The third-order valence-corrected chi connectivity index (χ3v) is 7.15. The van der Waals surface area contributed by atoms with Crippen molar-refractivity contribution in [3.8, 4) is 5.75 Å². The van der Waals surface area contributed by atoms with Crippen LogP contribution in [0.25, 0.3) is 6.08 Å². The van der Waals surface area contributed by atoms with E-state index in [0.717, 1.165) is 4.90 Å². The lowest BCUT2D eigenvalue weighted by molar-refractivity contribution is -0.384. The summed E-state index contributed by atoms with van der Waals surface area (Å²) in [6, 6.07) is 28.0. The molecule has 0 fully saturated rings. The van der Waals surface area contributed by atoms with Crippen LogP contribution in [0, 0.1) is 10.1 Å². The third-order valence-electron chi connectivity index (χ3n) is 6.05. The van der Waals surface area contributed by atoms with E-state index >= 15 is 0 Å². The van der Waals surface area contributed by atoms with Crippen LogP contribution >= 0.6 is 11.8 Å². The minimum Gasteiger partial charge on any atom is -0.497 e. The van der Waals surface area contributed by atoms with Crippen LogP contribution in [0.15, 0.2) is 114 Å². The molecule has 0 radical (unpaired) electrons. The minimum atomic E-state index is -0.603. The molecule has 0 bridgehead atoms. The zero-order valence-corrected chi connectivity index (χ0v) is 24.1. The molecule has 4 aromatic rings. The van der Waals surface area contributed by atoms with E-state index in [4.69, 9.17) is 4.74 Å². The van der Waals surface area contributed by atoms with Crippen molar-refractivity contribution in [3.05, 3.63) is 130 Å². The van der Waals surface area contributed by atoms with Crippen molar-refractivity contribution in [3.63, 3.8) is 0 Å². The van der Waals surface area contributed by atoms with Crippen LogP contribution in [0.4, 0.5) is 17.1 Å². The maximum absolute atomic E-state index is 13.4. The molecule has 4 aromatic carbocycles. The van der Waals surface area contributed by atoms with Gasteiger partial charge in [0.15, 0.2) is 0 Å². The van der Waals surface area contributed by atoms with Crippen molar-refractivity contribution < 1.29 is 24.0 Å². The van der Waals surface area contributed by atoms with Crippen LogP contribution in [0.1, 0.15) is 22.8 Å². The summed E-state index contributed by atoms with van der Waals surface area (Å²) in [7, 11) is 1.55. The van der Waals surface area contributed by atoms with Gasteiger partial charge in [-0.15, -0.1) is 11.8 Å². The number of methoxy groups -OCH3 is 1. The summed E-state index contributed by atoms with van der Waals surface area (Å²) in [6.45, 7) is 1.77. The largest absolute Gasteiger partial charge is 0.497 e. The molecule has 0 aliphatic heterocycles. The van der Waals surface area contributed by atoms with E-state index in [-0.39, 0.29) is 17.3 Å². The van der Waals surface area contributed by atoms with E-state index in [1.807, 2.05) is 6.07 Å². The Balaban J connectivity index is 1.49. The number of nitrogens with one attached hydrogen (secondary N) is 3. The van der Waals surface area contributed by atoms with E-state index in [9.17, 15) is 24.5 Å². The fourth-order valence-electron chi connectivity index (χ4n) is 3.85. The van der Waals surface area contributed by atoms with Crippen molar-refractivity contribution in [2.45, 2.75) is 17.1 Å². The van der Waals surface area contributed by atoms with Gasteiger partial charge in [-0.2, -0.15) is 0 Å². The highest BCUT2D eigenvalue weighted by atomic mass is 32.2. The molecule has 1 atom stereocenters. The number of nitro groups is 1. The Labute approximate surface area is 252 Å². The first-order chi connectivity index (χ1) is 20.7. The molecule has 10 nitrogen and oxygen atoms in total. The van der Waals surface area contributed by atoms with Gasteiger partial charge in [0.2, 0.25) is 5.91 Å². The third kappa shape index (κ3) is 8.78. The quantitative estimate of drug-likeness (QED) is 0.0819. The Bertz CT molecular complexity index is 1660. The molecule has 1 unspecified atom stereocenters.